The predicted octanol–water partition coefficient (Wildman–Crippen LogP) is 3.98. The fourth-order valence-electron chi connectivity index (χ4n) is 2.00. The molecule has 0 bridgehead atoms. The lowest BCUT2D eigenvalue weighted by Crippen LogP contribution is -2.23. The van der Waals surface area contributed by atoms with Gasteiger partial charge in [0.2, 0.25) is 0 Å². The minimum Gasteiger partial charge on any atom is -0.309 e. The third-order valence-corrected chi connectivity index (χ3v) is 4.19. The normalized spacial score (nSPS) is 14.8. The summed E-state index contributed by atoms with van der Waals surface area (Å²) >= 11 is 1.76. The molecule has 0 saturated heterocycles. The molecule has 0 aliphatic rings. The van der Waals surface area contributed by atoms with Crippen molar-refractivity contribution < 1.29 is 0 Å². The smallest absolute Gasteiger partial charge is 0.0537 e. The first kappa shape index (κ1) is 14.3. The molecule has 104 valence electrons. The second-order valence-electron chi connectivity index (χ2n) is 5.44. The first-order valence-electron chi connectivity index (χ1n) is 6.87. The third kappa shape index (κ3) is 3.67. The molecule has 19 heavy (non-hydrogen) atoms. The molecule has 2 aromatic rings. The Bertz CT molecular complexity index is 487. The molecule has 2 atom stereocenters. The largest absolute Gasteiger partial charge is 0.309 e. The number of thiophene rings is 1. The molecule has 2 heterocycles. The quantitative estimate of drug-likeness (QED) is 0.865. The van der Waals surface area contributed by atoms with Crippen LogP contribution in [0.5, 0.6) is 0 Å². The van der Waals surface area contributed by atoms with Gasteiger partial charge in [0.05, 0.1) is 6.20 Å². The van der Waals surface area contributed by atoms with Gasteiger partial charge in [0.25, 0.3) is 0 Å². The molecule has 1 N–H and O–H groups in total. The molecular formula is C15H23N3S. The van der Waals surface area contributed by atoms with Gasteiger partial charge in [0.1, 0.15) is 0 Å². The summed E-state index contributed by atoms with van der Waals surface area (Å²) in [7, 11) is 0. The van der Waals surface area contributed by atoms with Crippen LogP contribution >= 0.6 is 11.3 Å². The van der Waals surface area contributed by atoms with Crippen LogP contribution in [-0.2, 0) is 0 Å². The van der Waals surface area contributed by atoms with E-state index in [2.05, 4.69) is 61.1 Å². The number of rotatable bonds is 6. The van der Waals surface area contributed by atoms with Crippen molar-refractivity contribution in [2.24, 2.45) is 0 Å². The Labute approximate surface area is 119 Å². The first-order valence-corrected chi connectivity index (χ1v) is 7.81. The molecule has 0 aromatic carbocycles. The number of aromatic nitrogens is 2. The van der Waals surface area contributed by atoms with Gasteiger partial charge in [-0.3, -0.25) is 4.68 Å². The number of nitrogens with zero attached hydrogens (tertiary/aromatic N) is 2. The Morgan fingerprint density at radius 2 is 2.05 bits per heavy atom. The Morgan fingerprint density at radius 3 is 2.63 bits per heavy atom. The molecule has 0 spiro atoms. The molecule has 0 unspecified atom stereocenters. The van der Waals surface area contributed by atoms with Gasteiger partial charge in [-0.2, -0.15) is 16.4 Å². The van der Waals surface area contributed by atoms with E-state index in [9.17, 15) is 0 Å². The van der Waals surface area contributed by atoms with Crippen molar-refractivity contribution in [3.05, 3.63) is 40.3 Å². The van der Waals surface area contributed by atoms with Gasteiger partial charge in [-0.15, -0.1) is 0 Å². The fourth-order valence-corrected chi connectivity index (χ4v) is 2.79. The Kier molecular flexibility index (Phi) is 4.77. The van der Waals surface area contributed by atoms with E-state index in [1.54, 1.807) is 11.3 Å². The highest BCUT2D eigenvalue weighted by atomic mass is 32.1. The van der Waals surface area contributed by atoms with Crippen LogP contribution in [0.1, 0.15) is 56.8 Å². The summed E-state index contributed by atoms with van der Waals surface area (Å²) in [6, 6.07) is 2.97. The van der Waals surface area contributed by atoms with Crippen LogP contribution in [0.4, 0.5) is 0 Å². The Balaban J connectivity index is 1.88. The second kappa shape index (κ2) is 6.35. The van der Waals surface area contributed by atoms with Gasteiger partial charge in [0.15, 0.2) is 0 Å². The molecule has 0 saturated carbocycles. The van der Waals surface area contributed by atoms with Crippen molar-refractivity contribution >= 4 is 11.3 Å². The summed E-state index contributed by atoms with van der Waals surface area (Å²) in [5.41, 5.74) is 2.67. The van der Waals surface area contributed by atoms with Crippen molar-refractivity contribution in [1.29, 1.82) is 0 Å². The summed E-state index contributed by atoms with van der Waals surface area (Å²) in [5.74, 6) is 0.550. The number of hydrogen-bond acceptors (Lipinski definition) is 3. The molecule has 0 amide bonds. The first-order chi connectivity index (χ1) is 9.08. The zero-order valence-corrected chi connectivity index (χ0v) is 12.9. The topological polar surface area (TPSA) is 29.9 Å². The maximum Gasteiger partial charge on any atom is 0.0537 e. The van der Waals surface area contributed by atoms with Gasteiger partial charge < -0.3 is 5.32 Å². The highest BCUT2D eigenvalue weighted by Gasteiger charge is 2.11. The van der Waals surface area contributed by atoms with Crippen LogP contribution in [-0.4, -0.2) is 16.3 Å². The minimum atomic E-state index is 0.341. The van der Waals surface area contributed by atoms with Gasteiger partial charge in [-0.05, 0) is 49.1 Å². The lowest BCUT2D eigenvalue weighted by molar-refractivity contribution is 0.523. The van der Waals surface area contributed by atoms with Crippen LogP contribution in [0.3, 0.4) is 0 Å². The maximum absolute atomic E-state index is 4.39. The van der Waals surface area contributed by atoms with Crippen LogP contribution in [0.2, 0.25) is 0 Å². The van der Waals surface area contributed by atoms with E-state index >= 15 is 0 Å². The van der Waals surface area contributed by atoms with Crippen molar-refractivity contribution in [3.63, 3.8) is 0 Å². The lowest BCUT2D eigenvalue weighted by Gasteiger charge is -2.16. The molecule has 0 aliphatic carbocycles. The molecule has 2 rings (SSSR count). The summed E-state index contributed by atoms with van der Waals surface area (Å²) in [6.07, 6.45) is 4.10. The standard InChI is InChI=1S/C15H23N3S/c1-11(2)18-9-15(8-17-18)13(4)16-7-12(3)14-5-6-19-10-14/h5-6,8-13,16H,7H2,1-4H3/t12-,13+/m1/s1. The van der Waals surface area contributed by atoms with Crippen LogP contribution in [0.25, 0.3) is 0 Å². The van der Waals surface area contributed by atoms with Crippen molar-refractivity contribution in [2.45, 2.75) is 45.7 Å². The zero-order valence-electron chi connectivity index (χ0n) is 12.1. The highest BCUT2D eigenvalue weighted by Crippen LogP contribution is 2.19. The maximum atomic E-state index is 4.39. The van der Waals surface area contributed by atoms with E-state index in [-0.39, 0.29) is 0 Å². The zero-order chi connectivity index (χ0) is 13.8. The monoisotopic (exact) mass is 277 g/mol. The van der Waals surface area contributed by atoms with E-state index in [1.165, 1.54) is 11.1 Å². The van der Waals surface area contributed by atoms with Crippen LogP contribution in [0, 0.1) is 0 Å². The highest BCUT2D eigenvalue weighted by molar-refractivity contribution is 7.07. The fraction of sp³-hybridized carbons (Fsp3) is 0.533. The average Bonchev–Trinajstić information content (AvgIpc) is 3.05. The molecule has 4 heteroatoms. The summed E-state index contributed by atoms with van der Waals surface area (Å²) in [5, 5.41) is 12.4. The Hall–Kier alpha value is -1.13. The van der Waals surface area contributed by atoms with E-state index in [4.69, 9.17) is 0 Å². The molecule has 0 aliphatic heterocycles. The molecule has 0 fully saturated rings. The molecule has 0 radical (unpaired) electrons. The SMILES string of the molecule is CC(C)n1cc([C@H](C)NC[C@@H](C)c2ccsc2)cn1. The number of hydrogen-bond donors (Lipinski definition) is 1. The van der Waals surface area contributed by atoms with E-state index in [1.807, 2.05) is 10.9 Å². The predicted molar refractivity (Wildman–Crippen MR) is 81.8 cm³/mol. The van der Waals surface area contributed by atoms with Crippen molar-refractivity contribution in [3.8, 4) is 0 Å². The van der Waals surface area contributed by atoms with Gasteiger partial charge >= 0.3 is 0 Å². The second-order valence-corrected chi connectivity index (χ2v) is 6.22. The molecular weight excluding hydrogens is 254 g/mol. The summed E-state index contributed by atoms with van der Waals surface area (Å²) < 4.78 is 2.01. The minimum absolute atomic E-state index is 0.341. The van der Waals surface area contributed by atoms with Gasteiger partial charge in [0, 0.05) is 30.4 Å². The van der Waals surface area contributed by atoms with E-state index in [0.717, 1.165) is 6.54 Å². The van der Waals surface area contributed by atoms with E-state index < -0.39 is 0 Å². The van der Waals surface area contributed by atoms with Crippen LogP contribution < -0.4 is 5.32 Å². The summed E-state index contributed by atoms with van der Waals surface area (Å²) in [4.78, 5) is 0. The third-order valence-electron chi connectivity index (χ3n) is 3.49. The summed E-state index contributed by atoms with van der Waals surface area (Å²) in [6.45, 7) is 9.74. The van der Waals surface area contributed by atoms with Gasteiger partial charge in [-0.25, -0.2) is 0 Å². The molecule has 3 nitrogen and oxygen atoms in total. The van der Waals surface area contributed by atoms with Crippen molar-refractivity contribution in [2.75, 3.05) is 6.54 Å². The lowest BCUT2D eigenvalue weighted by atomic mass is 10.0. The van der Waals surface area contributed by atoms with Crippen molar-refractivity contribution in [1.82, 2.24) is 15.1 Å². The number of nitrogens with one attached hydrogen (secondary N) is 1. The van der Waals surface area contributed by atoms with Crippen LogP contribution in [0.15, 0.2) is 29.2 Å². The molecule has 2 aromatic heterocycles. The van der Waals surface area contributed by atoms with Gasteiger partial charge in [-0.1, -0.05) is 6.92 Å². The van der Waals surface area contributed by atoms with E-state index in [0.29, 0.717) is 18.0 Å². The average molecular weight is 277 g/mol. The Morgan fingerprint density at radius 1 is 1.26 bits per heavy atom.